The maximum Gasteiger partial charge on any atom is 0.128 e. The molecular formula is C17H19NSi. The fourth-order valence-corrected chi connectivity index (χ4v) is 1.80. The van der Waals surface area contributed by atoms with Gasteiger partial charge in [-0.25, -0.2) is 0 Å². The lowest BCUT2D eigenvalue weighted by molar-refractivity contribution is 1.55. The highest BCUT2D eigenvalue weighted by Gasteiger charge is 2.05. The van der Waals surface area contributed by atoms with Crippen LogP contribution in [0.4, 0.5) is 0 Å². The van der Waals surface area contributed by atoms with Gasteiger partial charge in [-0.15, -0.1) is 12.0 Å². The molecule has 0 radical (unpaired) electrons. The molecule has 0 spiro atoms. The van der Waals surface area contributed by atoms with E-state index in [1.807, 2.05) is 0 Å². The maximum atomic E-state index is 5.12. The molecule has 3 rings (SSSR count). The summed E-state index contributed by atoms with van der Waals surface area (Å²) in [5.41, 5.74) is 5.17. The van der Waals surface area contributed by atoms with E-state index in [1.54, 1.807) is 0 Å². The topological polar surface area (TPSA) is 15.8 Å². The van der Waals surface area contributed by atoms with E-state index in [9.17, 15) is 0 Å². The van der Waals surface area contributed by atoms with E-state index in [4.69, 9.17) is 6.42 Å². The summed E-state index contributed by atoms with van der Waals surface area (Å²) >= 11 is 0. The Balaban J connectivity index is 0.000000192. The fraction of sp³-hybridized carbons (Fsp3) is 0.176. The molecule has 1 heterocycles. The number of nitrogens with one attached hydrogen (secondary N) is 1. The highest BCUT2D eigenvalue weighted by molar-refractivity contribution is 6.83. The van der Waals surface area contributed by atoms with Gasteiger partial charge in [0.05, 0.1) is 0 Å². The molecular weight excluding hydrogens is 246 g/mol. The first kappa shape index (κ1) is 13.4. The summed E-state index contributed by atoms with van der Waals surface area (Å²) in [4.78, 5) is 3.38. The average molecular weight is 265 g/mol. The van der Waals surface area contributed by atoms with Crippen molar-refractivity contribution in [2.75, 3.05) is 0 Å². The molecule has 0 amide bonds. The first-order chi connectivity index (χ1) is 9.01. The van der Waals surface area contributed by atoms with Crippen LogP contribution in [0, 0.1) is 12.0 Å². The SMILES string of the molecule is C#C[Si](C)(C)C.c1ccc2c(c1)[nH]c1ccccc12. The zero-order valence-electron chi connectivity index (χ0n) is 11.7. The molecule has 0 saturated carbocycles. The lowest BCUT2D eigenvalue weighted by Gasteiger charge is -2.00. The minimum Gasteiger partial charge on any atom is -0.355 e. The third kappa shape index (κ3) is 3.27. The Hall–Kier alpha value is -1.98. The molecule has 0 aliphatic heterocycles. The molecule has 0 fully saturated rings. The molecule has 0 unspecified atom stereocenters. The Morgan fingerprint density at radius 1 is 0.842 bits per heavy atom. The second kappa shape index (κ2) is 5.34. The summed E-state index contributed by atoms with van der Waals surface area (Å²) in [6, 6.07) is 16.8. The van der Waals surface area contributed by atoms with Crippen LogP contribution in [-0.2, 0) is 0 Å². The van der Waals surface area contributed by atoms with Gasteiger partial charge in [0.2, 0.25) is 0 Å². The van der Waals surface area contributed by atoms with Crippen LogP contribution < -0.4 is 0 Å². The van der Waals surface area contributed by atoms with Crippen molar-refractivity contribution in [1.82, 2.24) is 4.98 Å². The van der Waals surface area contributed by atoms with Gasteiger partial charge in [-0.1, -0.05) is 56.0 Å². The van der Waals surface area contributed by atoms with Crippen LogP contribution in [0.5, 0.6) is 0 Å². The van der Waals surface area contributed by atoms with Crippen LogP contribution in [0.15, 0.2) is 48.5 Å². The van der Waals surface area contributed by atoms with Gasteiger partial charge in [0, 0.05) is 21.8 Å². The van der Waals surface area contributed by atoms with Crippen molar-refractivity contribution in [2.45, 2.75) is 19.6 Å². The molecule has 1 N–H and O–H groups in total. The van der Waals surface area contributed by atoms with Gasteiger partial charge in [-0.05, 0) is 12.1 Å². The summed E-state index contributed by atoms with van der Waals surface area (Å²) in [7, 11) is -1.10. The maximum absolute atomic E-state index is 5.12. The molecule has 3 aromatic rings. The Bertz CT molecular complexity index is 676. The third-order valence-electron chi connectivity index (χ3n) is 2.85. The van der Waals surface area contributed by atoms with Gasteiger partial charge < -0.3 is 4.98 Å². The number of aromatic nitrogens is 1. The Kier molecular flexibility index (Phi) is 3.78. The number of fused-ring (bicyclic) bond motifs is 3. The van der Waals surface area contributed by atoms with Crippen molar-refractivity contribution in [3.8, 4) is 12.0 Å². The molecule has 0 bridgehead atoms. The van der Waals surface area contributed by atoms with Gasteiger partial charge in [0.15, 0.2) is 0 Å². The normalized spacial score (nSPS) is 10.8. The molecule has 1 aromatic heterocycles. The second-order valence-corrected chi connectivity index (χ2v) is 10.4. The highest BCUT2D eigenvalue weighted by Crippen LogP contribution is 2.24. The van der Waals surface area contributed by atoms with Crippen LogP contribution in [0.1, 0.15) is 0 Å². The summed E-state index contributed by atoms with van der Waals surface area (Å²) in [6.07, 6.45) is 5.12. The Morgan fingerprint density at radius 2 is 1.21 bits per heavy atom. The van der Waals surface area contributed by atoms with Gasteiger partial charge in [0.1, 0.15) is 8.07 Å². The lowest BCUT2D eigenvalue weighted by atomic mass is 10.2. The average Bonchev–Trinajstić information content (AvgIpc) is 2.77. The summed E-state index contributed by atoms with van der Waals surface area (Å²) in [5, 5.41) is 2.61. The van der Waals surface area contributed by atoms with Crippen LogP contribution in [-0.4, -0.2) is 13.1 Å². The highest BCUT2D eigenvalue weighted by atomic mass is 28.3. The van der Waals surface area contributed by atoms with E-state index in [2.05, 4.69) is 78.7 Å². The molecule has 19 heavy (non-hydrogen) atoms. The number of para-hydroxylation sites is 2. The molecule has 2 aromatic carbocycles. The van der Waals surface area contributed by atoms with Crippen molar-refractivity contribution >= 4 is 29.9 Å². The Morgan fingerprint density at radius 3 is 1.58 bits per heavy atom. The number of terminal acetylenes is 1. The van der Waals surface area contributed by atoms with Gasteiger partial charge in [-0.3, -0.25) is 0 Å². The largest absolute Gasteiger partial charge is 0.355 e. The minimum absolute atomic E-state index is 1.10. The standard InChI is InChI=1S/C12H9N.C5H10Si/c1-3-7-11-9(5-1)10-6-2-4-8-12(10)13-11;1-5-6(2,3)4/h1-8,13H;1H,2-4H3. The molecule has 0 saturated heterocycles. The van der Waals surface area contributed by atoms with Gasteiger partial charge in [-0.2, -0.15) is 0 Å². The predicted molar refractivity (Wildman–Crippen MR) is 88.0 cm³/mol. The van der Waals surface area contributed by atoms with Gasteiger partial charge in [0.25, 0.3) is 0 Å². The summed E-state index contributed by atoms with van der Waals surface area (Å²) in [6.45, 7) is 6.44. The van der Waals surface area contributed by atoms with Crippen LogP contribution in [0.3, 0.4) is 0 Å². The number of aromatic amines is 1. The van der Waals surface area contributed by atoms with E-state index in [-0.39, 0.29) is 0 Å². The predicted octanol–water partition coefficient (Wildman–Crippen LogP) is 4.82. The number of hydrogen-bond acceptors (Lipinski definition) is 0. The third-order valence-corrected chi connectivity index (χ3v) is 3.71. The smallest absolute Gasteiger partial charge is 0.128 e. The van der Waals surface area contributed by atoms with Crippen LogP contribution in [0.25, 0.3) is 21.8 Å². The quantitative estimate of drug-likeness (QED) is 0.443. The first-order valence-electron chi connectivity index (χ1n) is 6.44. The van der Waals surface area contributed by atoms with E-state index < -0.39 is 8.07 Å². The minimum atomic E-state index is -1.10. The number of benzene rings is 2. The number of H-pyrrole nitrogens is 1. The second-order valence-electron chi connectivity index (χ2n) is 5.61. The van der Waals surface area contributed by atoms with Crippen molar-refractivity contribution in [3.05, 3.63) is 48.5 Å². The lowest BCUT2D eigenvalue weighted by Crippen LogP contribution is -2.15. The van der Waals surface area contributed by atoms with Crippen molar-refractivity contribution in [2.24, 2.45) is 0 Å². The Labute approximate surface area is 115 Å². The number of rotatable bonds is 0. The van der Waals surface area contributed by atoms with Crippen molar-refractivity contribution in [3.63, 3.8) is 0 Å². The van der Waals surface area contributed by atoms with Crippen LogP contribution >= 0.6 is 0 Å². The van der Waals surface area contributed by atoms with Gasteiger partial charge >= 0.3 is 0 Å². The fourth-order valence-electron chi connectivity index (χ4n) is 1.80. The molecule has 0 aliphatic carbocycles. The summed E-state index contributed by atoms with van der Waals surface area (Å²) in [5.74, 6) is 0. The first-order valence-corrected chi connectivity index (χ1v) is 9.94. The summed E-state index contributed by atoms with van der Waals surface area (Å²) < 4.78 is 0. The molecule has 1 nitrogen and oxygen atoms in total. The zero-order valence-corrected chi connectivity index (χ0v) is 12.7. The monoisotopic (exact) mass is 265 g/mol. The molecule has 0 aliphatic rings. The molecule has 0 atom stereocenters. The van der Waals surface area contributed by atoms with E-state index in [0.29, 0.717) is 0 Å². The number of hydrogen-bond donors (Lipinski definition) is 1. The molecule has 96 valence electrons. The van der Waals surface area contributed by atoms with Crippen molar-refractivity contribution < 1.29 is 0 Å². The van der Waals surface area contributed by atoms with E-state index >= 15 is 0 Å². The van der Waals surface area contributed by atoms with Crippen molar-refractivity contribution in [1.29, 1.82) is 0 Å². The van der Waals surface area contributed by atoms with Crippen LogP contribution in [0.2, 0.25) is 19.6 Å². The molecule has 2 heteroatoms. The van der Waals surface area contributed by atoms with E-state index in [0.717, 1.165) is 0 Å². The zero-order chi connectivity index (χ0) is 13.9. The van der Waals surface area contributed by atoms with E-state index in [1.165, 1.54) is 21.8 Å².